The Morgan fingerprint density at radius 2 is 2.14 bits per heavy atom. The van der Waals surface area contributed by atoms with Crippen molar-refractivity contribution in [2.45, 2.75) is 40.2 Å². The van der Waals surface area contributed by atoms with Crippen molar-refractivity contribution < 1.29 is 9.45 Å². The van der Waals surface area contributed by atoms with Crippen molar-refractivity contribution in [2.75, 3.05) is 5.32 Å². The smallest absolute Gasteiger partial charge is 0.290 e. The van der Waals surface area contributed by atoms with Gasteiger partial charge in [0, 0.05) is 17.2 Å². The highest BCUT2D eigenvalue weighted by Gasteiger charge is 2.15. The molecular formula is C14H18N4O3. The summed E-state index contributed by atoms with van der Waals surface area (Å²) in [5, 5.41) is 17.9. The number of nitrogens with zero attached hydrogens (tertiary/aromatic N) is 3. The molecule has 0 bridgehead atoms. The summed E-state index contributed by atoms with van der Waals surface area (Å²) in [6.07, 6.45) is 2.03. The molecule has 0 aliphatic carbocycles. The summed E-state index contributed by atoms with van der Waals surface area (Å²) in [6, 6.07) is 1.79. The van der Waals surface area contributed by atoms with E-state index < -0.39 is 4.92 Å². The zero-order chi connectivity index (χ0) is 15.6. The van der Waals surface area contributed by atoms with Gasteiger partial charge < -0.3 is 9.84 Å². The van der Waals surface area contributed by atoms with Gasteiger partial charge in [-0.25, -0.2) is 4.98 Å². The number of aromatic nitrogens is 2. The predicted octanol–water partition coefficient (Wildman–Crippen LogP) is 2.95. The Kier molecular flexibility index (Phi) is 4.21. The van der Waals surface area contributed by atoms with Crippen molar-refractivity contribution >= 4 is 11.5 Å². The Balaban J connectivity index is 2.08. The van der Waals surface area contributed by atoms with E-state index in [0.717, 1.165) is 23.4 Å². The normalized spacial score (nSPS) is 12.2. The van der Waals surface area contributed by atoms with Crippen LogP contribution in [-0.4, -0.2) is 21.1 Å². The quantitative estimate of drug-likeness (QED) is 0.672. The van der Waals surface area contributed by atoms with Crippen LogP contribution >= 0.6 is 0 Å². The molecule has 0 aliphatic heterocycles. The minimum Gasteiger partial charge on any atom is -0.367 e. The fourth-order valence-electron chi connectivity index (χ4n) is 2.22. The molecule has 1 unspecified atom stereocenters. The van der Waals surface area contributed by atoms with Crippen molar-refractivity contribution in [2.24, 2.45) is 0 Å². The minimum atomic E-state index is -0.431. The van der Waals surface area contributed by atoms with Crippen molar-refractivity contribution in [3.05, 3.63) is 45.0 Å². The number of rotatable bonds is 5. The van der Waals surface area contributed by atoms with Crippen molar-refractivity contribution in [3.63, 3.8) is 0 Å². The molecule has 2 aromatic rings. The van der Waals surface area contributed by atoms with Gasteiger partial charge in [-0.3, -0.25) is 10.1 Å². The molecule has 0 fully saturated rings. The van der Waals surface area contributed by atoms with Crippen LogP contribution in [0.1, 0.15) is 29.5 Å². The van der Waals surface area contributed by atoms with Crippen molar-refractivity contribution in [3.8, 4) is 0 Å². The summed E-state index contributed by atoms with van der Waals surface area (Å²) in [5.41, 5.74) is 2.57. The second kappa shape index (κ2) is 5.90. The maximum atomic E-state index is 10.8. The lowest BCUT2D eigenvalue weighted by molar-refractivity contribution is -0.385. The Hall–Kier alpha value is -2.44. The lowest BCUT2D eigenvalue weighted by atomic mass is 10.1. The molecule has 2 rings (SSSR count). The predicted molar refractivity (Wildman–Crippen MR) is 78.4 cm³/mol. The van der Waals surface area contributed by atoms with Crippen LogP contribution in [0.2, 0.25) is 0 Å². The zero-order valence-electron chi connectivity index (χ0n) is 12.5. The Labute approximate surface area is 122 Å². The number of pyridine rings is 1. The van der Waals surface area contributed by atoms with Crippen molar-refractivity contribution in [1.29, 1.82) is 0 Å². The standard InChI is InChI=1S/C14H18N4O3/c1-8-5-14(15-7-13(8)18(19)20)16-9(2)6-12-10(3)17-21-11(12)4/h5,7,9H,6H2,1-4H3,(H,15,16). The van der Waals surface area contributed by atoms with Gasteiger partial charge in [0.1, 0.15) is 17.8 Å². The van der Waals surface area contributed by atoms with E-state index in [4.69, 9.17) is 4.52 Å². The summed E-state index contributed by atoms with van der Waals surface area (Å²) in [6.45, 7) is 7.51. The van der Waals surface area contributed by atoms with E-state index in [2.05, 4.69) is 15.5 Å². The number of hydrogen-bond donors (Lipinski definition) is 1. The topological polar surface area (TPSA) is 94.1 Å². The maximum absolute atomic E-state index is 10.8. The number of nitro groups is 1. The van der Waals surface area contributed by atoms with E-state index in [1.807, 2.05) is 20.8 Å². The highest BCUT2D eigenvalue weighted by atomic mass is 16.6. The third-order valence-electron chi connectivity index (χ3n) is 3.37. The van der Waals surface area contributed by atoms with Gasteiger partial charge >= 0.3 is 0 Å². The Morgan fingerprint density at radius 1 is 1.43 bits per heavy atom. The molecule has 0 spiro atoms. The summed E-state index contributed by atoms with van der Waals surface area (Å²) in [5.74, 6) is 1.44. The first-order valence-corrected chi connectivity index (χ1v) is 6.67. The van der Waals surface area contributed by atoms with Gasteiger partial charge in [0.2, 0.25) is 0 Å². The largest absolute Gasteiger partial charge is 0.367 e. The highest BCUT2D eigenvalue weighted by Crippen LogP contribution is 2.20. The van der Waals surface area contributed by atoms with Crippen LogP contribution in [0.5, 0.6) is 0 Å². The fourth-order valence-corrected chi connectivity index (χ4v) is 2.22. The average molecular weight is 290 g/mol. The maximum Gasteiger partial charge on any atom is 0.290 e. The second-order valence-corrected chi connectivity index (χ2v) is 5.17. The fraction of sp³-hybridized carbons (Fsp3) is 0.429. The lowest BCUT2D eigenvalue weighted by Gasteiger charge is -2.14. The molecular weight excluding hydrogens is 272 g/mol. The minimum absolute atomic E-state index is 0.0268. The van der Waals surface area contributed by atoms with Gasteiger partial charge in [0.15, 0.2) is 0 Å². The van der Waals surface area contributed by atoms with E-state index >= 15 is 0 Å². The Morgan fingerprint density at radius 3 is 2.67 bits per heavy atom. The highest BCUT2D eigenvalue weighted by molar-refractivity contribution is 5.47. The van der Waals surface area contributed by atoms with Gasteiger partial charge in [-0.1, -0.05) is 5.16 Å². The number of aryl methyl sites for hydroxylation is 3. The van der Waals surface area contributed by atoms with Crippen LogP contribution in [0, 0.1) is 30.9 Å². The van der Waals surface area contributed by atoms with E-state index in [-0.39, 0.29) is 11.7 Å². The molecule has 2 heterocycles. The summed E-state index contributed by atoms with van der Waals surface area (Å²) >= 11 is 0. The summed E-state index contributed by atoms with van der Waals surface area (Å²) < 4.78 is 5.14. The first-order chi connectivity index (χ1) is 9.88. The third kappa shape index (κ3) is 3.36. The van der Waals surface area contributed by atoms with Crippen LogP contribution in [0.4, 0.5) is 11.5 Å². The van der Waals surface area contributed by atoms with E-state index in [0.29, 0.717) is 11.4 Å². The van der Waals surface area contributed by atoms with Gasteiger partial charge in [-0.2, -0.15) is 0 Å². The molecule has 2 aromatic heterocycles. The van der Waals surface area contributed by atoms with Crippen molar-refractivity contribution in [1.82, 2.24) is 10.1 Å². The number of nitrogens with one attached hydrogen (secondary N) is 1. The molecule has 0 saturated carbocycles. The lowest BCUT2D eigenvalue weighted by Crippen LogP contribution is -2.19. The van der Waals surface area contributed by atoms with Crippen LogP contribution in [0.15, 0.2) is 16.8 Å². The molecule has 7 heteroatoms. The van der Waals surface area contributed by atoms with E-state index in [9.17, 15) is 10.1 Å². The first-order valence-electron chi connectivity index (χ1n) is 6.67. The van der Waals surface area contributed by atoms with Gasteiger partial charge in [0.25, 0.3) is 5.69 Å². The molecule has 0 aliphatic rings. The van der Waals surface area contributed by atoms with Gasteiger partial charge in [-0.15, -0.1) is 0 Å². The van der Waals surface area contributed by atoms with Crippen LogP contribution in [-0.2, 0) is 6.42 Å². The van der Waals surface area contributed by atoms with Crippen LogP contribution in [0.3, 0.4) is 0 Å². The van der Waals surface area contributed by atoms with Crippen LogP contribution in [0.25, 0.3) is 0 Å². The SMILES string of the molecule is Cc1cc(NC(C)Cc2c(C)noc2C)ncc1[N+](=O)[O-]. The zero-order valence-corrected chi connectivity index (χ0v) is 12.5. The monoisotopic (exact) mass is 290 g/mol. The molecule has 1 atom stereocenters. The molecule has 0 amide bonds. The Bertz CT molecular complexity index is 647. The molecule has 1 N–H and O–H groups in total. The number of anilines is 1. The van der Waals surface area contributed by atoms with Gasteiger partial charge in [-0.05, 0) is 40.2 Å². The van der Waals surface area contributed by atoms with Crippen LogP contribution < -0.4 is 5.32 Å². The molecule has 7 nitrogen and oxygen atoms in total. The van der Waals surface area contributed by atoms with Gasteiger partial charge in [0.05, 0.1) is 10.6 Å². The van der Waals surface area contributed by atoms with E-state index in [1.165, 1.54) is 6.20 Å². The number of hydrogen-bond acceptors (Lipinski definition) is 6. The molecule has 0 aromatic carbocycles. The summed E-state index contributed by atoms with van der Waals surface area (Å²) in [7, 11) is 0. The molecule has 0 saturated heterocycles. The second-order valence-electron chi connectivity index (χ2n) is 5.17. The summed E-state index contributed by atoms with van der Waals surface area (Å²) in [4.78, 5) is 14.4. The van der Waals surface area contributed by atoms with E-state index in [1.54, 1.807) is 13.0 Å². The third-order valence-corrected chi connectivity index (χ3v) is 3.37. The average Bonchev–Trinajstić information content (AvgIpc) is 2.70. The first kappa shape index (κ1) is 15.0. The molecule has 21 heavy (non-hydrogen) atoms. The molecule has 0 radical (unpaired) electrons. The molecule has 112 valence electrons.